The lowest BCUT2D eigenvalue weighted by Gasteiger charge is -2.10. The van der Waals surface area contributed by atoms with Crippen LogP contribution in [-0.4, -0.2) is 23.3 Å². The van der Waals surface area contributed by atoms with Crippen molar-refractivity contribution in [1.29, 1.82) is 0 Å². The van der Waals surface area contributed by atoms with Crippen LogP contribution in [0.25, 0.3) is 10.9 Å². The van der Waals surface area contributed by atoms with Gasteiger partial charge in [-0.25, -0.2) is 0 Å². The molecule has 0 spiro atoms. The topological polar surface area (TPSA) is 42.0 Å². The van der Waals surface area contributed by atoms with Gasteiger partial charge in [-0.3, -0.25) is 9.78 Å². The standard InChI is InChI=1S/C14H15ClN2O/c1-10(8-15)9-17-14(18)12-6-7-16-13-5-3-2-4-11(12)13/h2-7,10H,8-9H2,1H3,(H,17,18). The molecular formula is C14H15ClN2O. The first-order valence-corrected chi connectivity index (χ1v) is 6.43. The molecular weight excluding hydrogens is 248 g/mol. The molecule has 2 rings (SSSR count). The molecule has 1 aromatic carbocycles. The number of carbonyl (C=O) groups is 1. The van der Waals surface area contributed by atoms with Crippen molar-refractivity contribution in [2.24, 2.45) is 5.92 Å². The Bertz CT molecular complexity index is 551. The van der Waals surface area contributed by atoms with E-state index < -0.39 is 0 Å². The lowest BCUT2D eigenvalue weighted by Crippen LogP contribution is -2.29. The van der Waals surface area contributed by atoms with E-state index in [2.05, 4.69) is 10.3 Å². The number of hydrogen-bond acceptors (Lipinski definition) is 2. The fourth-order valence-electron chi connectivity index (χ4n) is 1.71. The first-order chi connectivity index (χ1) is 8.72. The second kappa shape index (κ2) is 5.83. The predicted molar refractivity (Wildman–Crippen MR) is 74.0 cm³/mol. The van der Waals surface area contributed by atoms with Crippen LogP contribution >= 0.6 is 11.6 Å². The molecule has 1 atom stereocenters. The van der Waals surface area contributed by atoms with Crippen LogP contribution in [0.4, 0.5) is 0 Å². The Kier molecular flexibility index (Phi) is 4.15. The van der Waals surface area contributed by atoms with Gasteiger partial charge in [0.25, 0.3) is 5.91 Å². The number of hydrogen-bond donors (Lipinski definition) is 1. The lowest BCUT2D eigenvalue weighted by molar-refractivity contribution is 0.0951. The van der Waals surface area contributed by atoms with Crippen LogP contribution in [-0.2, 0) is 0 Å². The van der Waals surface area contributed by atoms with E-state index in [-0.39, 0.29) is 11.8 Å². The van der Waals surface area contributed by atoms with E-state index in [1.807, 2.05) is 31.2 Å². The van der Waals surface area contributed by atoms with Crippen molar-refractivity contribution in [1.82, 2.24) is 10.3 Å². The number of benzene rings is 1. The molecule has 0 aliphatic heterocycles. The Morgan fingerprint density at radius 1 is 1.39 bits per heavy atom. The van der Waals surface area contributed by atoms with E-state index >= 15 is 0 Å². The molecule has 1 heterocycles. The maximum Gasteiger partial charge on any atom is 0.252 e. The molecule has 18 heavy (non-hydrogen) atoms. The molecule has 1 N–H and O–H groups in total. The van der Waals surface area contributed by atoms with Gasteiger partial charge in [-0.15, -0.1) is 11.6 Å². The number of alkyl halides is 1. The summed E-state index contributed by atoms with van der Waals surface area (Å²) in [6.07, 6.45) is 1.65. The summed E-state index contributed by atoms with van der Waals surface area (Å²) >= 11 is 5.72. The number of rotatable bonds is 4. The van der Waals surface area contributed by atoms with E-state index in [1.165, 1.54) is 0 Å². The van der Waals surface area contributed by atoms with Crippen molar-refractivity contribution in [2.75, 3.05) is 12.4 Å². The molecule has 4 heteroatoms. The van der Waals surface area contributed by atoms with Gasteiger partial charge in [0, 0.05) is 24.0 Å². The van der Waals surface area contributed by atoms with Crippen molar-refractivity contribution in [3.8, 4) is 0 Å². The first-order valence-electron chi connectivity index (χ1n) is 5.90. The minimum atomic E-state index is -0.0782. The van der Waals surface area contributed by atoms with Gasteiger partial charge in [-0.2, -0.15) is 0 Å². The Hall–Kier alpha value is -1.61. The molecule has 94 valence electrons. The van der Waals surface area contributed by atoms with Crippen LogP contribution in [0.3, 0.4) is 0 Å². The third kappa shape index (κ3) is 2.79. The summed E-state index contributed by atoms with van der Waals surface area (Å²) in [4.78, 5) is 16.3. The van der Waals surface area contributed by atoms with Gasteiger partial charge < -0.3 is 5.32 Å². The highest BCUT2D eigenvalue weighted by Gasteiger charge is 2.10. The Morgan fingerprint density at radius 2 is 2.17 bits per heavy atom. The molecule has 0 saturated heterocycles. The van der Waals surface area contributed by atoms with Crippen molar-refractivity contribution in [3.05, 3.63) is 42.1 Å². The van der Waals surface area contributed by atoms with Crippen molar-refractivity contribution in [2.45, 2.75) is 6.92 Å². The van der Waals surface area contributed by atoms with E-state index in [0.29, 0.717) is 18.0 Å². The maximum absolute atomic E-state index is 12.1. The molecule has 0 aliphatic carbocycles. The average molecular weight is 263 g/mol. The molecule has 3 nitrogen and oxygen atoms in total. The smallest absolute Gasteiger partial charge is 0.252 e. The number of halogens is 1. The second-order valence-corrected chi connectivity index (χ2v) is 4.65. The summed E-state index contributed by atoms with van der Waals surface area (Å²) in [5.74, 6) is 0.728. The van der Waals surface area contributed by atoms with Gasteiger partial charge >= 0.3 is 0 Å². The summed E-state index contributed by atoms with van der Waals surface area (Å²) in [5.41, 5.74) is 1.48. The van der Waals surface area contributed by atoms with E-state index in [1.54, 1.807) is 12.3 Å². The molecule has 0 radical (unpaired) electrons. The molecule has 1 unspecified atom stereocenters. The van der Waals surface area contributed by atoms with Gasteiger partial charge in [-0.05, 0) is 18.1 Å². The van der Waals surface area contributed by atoms with Crippen molar-refractivity contribution >= 4 is 28.4 Å². The molecule has 0 aliphatic rings. The molecule has 0 bridgehead atoms. The molecule has 1 aromatic heterocycles. The zero-order valence-corrected chi connectivity index (χ0v) is 10.9. The van der Waals surface area contributed by atoms with Crippen LogP contribution in [0.5, 0.6) is 0 Å². The third-order valence-electron chi connectivity index (χ3n) is 2.77. The zero-order valence-electron chi connectivity index (χ0n) is 10.2. The van der Waals surface area contributed by atoms with Gasteiger partial charge in [0.1, 0.15) is 0 Å². The van der Waals surface area contributed by atoms with E-state index in [0.717, 1.165) is 10.9 Å². The number of aromatic nitrogens is 1. The number of carbonyl (C=O) groups excluding carboxylic acids is 1. The summed E-state index contributed by atoms with van der Waals surface area (Å²) in [6.45, 7) is 2.58. The molecule has 1 amide bonds. The number of nitrogens with one attached hydrogen (secondary N) is 1. The highest BCUT2D eigenvalue weighted by molar-refractivity contribution is 6.18. The fraction of sp³-hybridized carbons (Fsp3) is 0.286. The number of pyridine rings is 1. The highest BCUT2D eigenvalue weighted by Crippen LogP contribution is 2.15. The number of nitrogens with zero attached hydrogens (tertiary/aromatic N) is 1. The highest BCUT2D eigenvalue weighted by atomic mass is 35.5. The summed E-state index contributed by atoms with van der Waals surface area (Å²) in [5, 5.41) is 3.76. The average Bonchev–Trinajstić information content (AvgIpc) is 2.43. The largest absolute Gasteiger partial charge is 0.352 e. The Balaban J connectivity index is 2.22. The quantitative estimate of drug-likeness (QED) is 0.861. The van der Waals surface area contributed by atoms with Crippen LogP contribution in [0.1, 0.15) is 17.3 Å². The fourth-order valence-corrected chi connectivity index (χ4v) is 1.82. The van der Waals surface area contributed by atoms with E-state index in [4.69, 9.17) is 11.6 Å². The minimum Gasteiger partial charge on any atom is -0.352 e. The van der Waals surface area contributed by atoms with Crippen LogP contribution in [0.2, 0.25) is 0 Å². The van der Waals surface area contributed by atoms with Crippen molar-refractivity contribution in [3.63, 3.8) is 0 Å². The summed E-state index contributed by atoms with van der Waals surface area (Å²) in [6, 6.07) is 9.35. The van der Waals surface area contributed by atoms with Crippen molar-refractivity contribution < 1.29 is 4.79 Å². The monoisotopic (exact) mass is 262 g/mol. The van der Waals surface area contributed by atoms with Gasteiger partial charge in [0.15, 0.2) is 0 Å². The Labute approximate surface area is 111 Å². The molecule has 0 saturated carbocycles. The van der Waals surface area contributed by atoms with Crippen LogP contribution in [0.15, 0.2) is 36.5 Å². The predicted octanol–water partition coefficient (Wildman–Crippen LogP) is 2.84. The summed E-state index contributed by atoms with van der Waals surface area (Å²) < 4.78 is 0. The third-order valence-corrected chi connectivity index (χ3v) is 3.29. The number of amides is 1. The molecule has 0 fully saturated rings. The van der Waals surface area contributed by atoms with Gasteiger partial charge in [0.2, 0.25) is 0 Å². The first kappa shape index (κ1) is 12.8. The number of para-hydroxylation sites is 1. The normalized spacial score (nSPS) is 12.3. The SMILES string of the molecule is CC(CCl)CNC(=O)c1ccnc2ccccc12. The van der Waals surface area contributed by atoms with Gasteiger partial charge in [-0.1, -0.05) is 25.1 Å². The lowest BCUT2D eigenvalue weighted by atomic mass is 10.1. The Morgan fingerprint density at radius 3 is 2.94 bits per heavy atom. The van der Waals surface area contributed by atoms with Crippen LogP contribution in [0, 0.1) is 5.92 Å². The number of fused-ring (bicyclic) bond motifs is 1. The maximum atomic E-state index is 12.1. The molecule has 2 aromatic rings. The van der Waals surface area contributed by atoms with E-state index in [9.17, 15) is 4.79 Å². The van der Waals surface area contributed by atoms with Crippen LogP contribution < -0.4 is 5.32 Å². The minimum absolute atomic E-state index is 0.0782. The summed E-state index contributed by atoms with van der Waals surface area (Å²) in [7, 11) is 0. The van der Waals surface area contributed by atoms with Gasteiger partial charge in [0.05, 0.1) is 11.1 Å². The zero-order chi connectivity index (χ0) is 13.0. The second-order valence-electron chi connectivity index (χ2n) is 4.35.